The Morgan fingerprint density at radius 2 is 1.86 bits per heavy atom. The van der Waals surface area contributed by atoms with Crippen LogP contribution >= 0.6 is 11.8 Å². The molecular weight excluding hydrogens is 475 g/mol. The first kappa shape index (κ1) is 25.9. The molecular formula is C28H33FN4O2S. The van der Waals surface area contributed by atoms with Gasteiger partial charge in [0.25, 0.3) is 0 Å². The lowest BCUT2D eigenvalue weighted by molar-refractivity contribution is -0.122. The zero-order valence-corrected chi connectivity index (χ0v) is 22.3. The summed E-state index contributed by atoms with van der Waals surface area (Å²) in [7, 11) is 0. The molecule has 190 valence electrons. The number of amides is 2. The quantitative estimate of drug-likeness (QED) is 0.490. The third-order valence-corrected chi connectivity index (χ3v) is 7.44. The van der Waals surface area contributed by atoms with Crippen molar-refractivity contribution in [1.82, 2.24) is 15.1 Å². The molecule has 4 rings (SSSR count). The smallest absolute Gasteiger partial charge is 0.240 e. The lowest BCUT2D eigenvalue weighted by Gasteiger charge is -2.24. The summed E-state index contributed by atoms with van der Waals surface area (Å²) < 4.78 is 15.6. The highest BCUT2D eigenvalue weighted by atomic mass is 32.2. The van der Waals surface area contributed by atoms with Crippen LogP contribution in [0.15, 0.2) is 48.5 Å². The van der Waals surface area contributed by atoms with Crippen LogP contribution in [-0.2, 0) is 15.0 Å². The Balaban J connectivity index is 2.00. The molecule has 3 aromatic rings. The minimum Gasteiger partial charge on any atom is -0.355 e. The molecule has 6 nitrogen and oxygen atoms in total. The number of fused-ring (bicyclic) bond motifs is 1. The van der Waals surface area contributed by atoms with E-state index in [9.17, 15) is 14.0 Å². The summed E-state index contributed by atoms with van der Waals surface area (Å²) in [5.74, 6) is 0.110. The number of hydrogen-bond acceptors (Lipinski definition) is 4. The van der Waals surface area contributed by atoms with Gasteiger partial charge >= 0.3 is 0 Å². The maximum atomic E-state index is 13.8. The summed E-state index contributed by atoms with van der Waals surface area (Å²) in [6.07, 6.45) is 0.808. The predicted octanol–water partition coefficient (Wildman–Crippen LogP) is 5.31. The molecule has 2 heterocycles. The zero-order chi connectivity index (χ0) is 26.0. The van der Waals surface area contributed by atoms with Gasteiger partial charge < -0.3 is 5.32 Å². The van der Waals surface area contributed by atoms with E-state index in [-0.39, 0.29) is 40.6 Å². The fraction of sp³-hybridized carbons (Fsp3) is 0.393. The molecule has 0 bridgehead atoms. The fourth-order valence-corrected chi connectivity index (χ4v) is 5.61. The van der Waals surface area contributed by atoms with Crippen molar-refractivity contribution in [3.63, 3.8) is 0 Å². The summed E-state index contributed by atoms with van der Waals surface area (Å²) in [4.78, 5) is 28.0. The molecule has 1 aliphatic heterocycles. The Morgan fingerprint density at radius 3 is 2.50 bits per heavy atom. The molecule has 1 aliphatic rings. The predicted molar refractivity (Wildman–Crippen MR) is 143 cm³/mol. The van der Waals surface area contributed by atoms with Crippen LogP contribution in [0.3, 0.4) is 0 Å². The third kappa shape index (κ3) is 5.19. The Hall–Kier alpha value is -3.13. The van der Waals surface area contributed by atoms with E-state index in [0.717, 1.165) is 34.5 Å². The standard InChI is InChI=1S/C28H33FN4O2S/c1-6-15-30-22(34)16-32-23(35)17-36-25(19-11-13-20(29)14-12-19)24-26(28(3,4)5)31-33(27(24)32)21-10-8-7-9-18(21)2/h7-14,25H,6,15-17H2,1-5H3,(H,30,34). The van der Waals surface area contributed by atoms with E-state index in [1.54, 1.807) is 17.0 Å². The summed E-state index contributed by atoms with van der Waals surface area (Å²) in [5.41, 5.74) is 4.12. The first-order valence-electron chi connectivity index (χ1n) is 12.2. The van der Waals surface area contributed by atoms with Crippen LogP contribution < -0.4 is 10.2 Å². The van der Waals surface area contributed by atoms with Gasteiger partial charge in [-0.05, 0) is 42.7 Å². The molecule has 2 aromatic carbocycles. The van der Waals surface area contributed by atoms with Gasteiger partial charge in [-0.25, -0.2) is 9.07 Å². The topological polar surface area (TPSA) is 67.2 Å². The Bertz CT molecular complexity index is 1260. The molecule has 1 atom stereocenters. The Labute approximate surface area is 216 Å². The average molecular weight is 509 g/mol. The first-order valence-corrected chi connectivity index (χ1v) is 13.3. The highest BCUT2D eigenvalue weighted by Crippen LogP contribution is 2.48. The SMILES string of the molecule is CCCNC(=O)CN1C(=O)CSC(c2ccc(F)cc2)c2c(C(C)(C)C)nn(-c3ccccc3C)c21. The molecule has 1 N–H and O–H groups in total. The average Bonchev–Trinajstić information content (AvgIpc) is 3.17. The number of aryl methyl sites for hydroxylation is 1. The molecule has 8 heteroatoms. The molecule has 36 heavy (non-hydrogen) atoms. The lowest BCUT2D eigenvalue weighted by atomic mass is 9.87. The van der Waals surface area contributed by atoms with Crippen molar-refractivity contribution >= 4 is 29.4 Å². The van der Waals surface area contributed by atoms with Crippen molar-refractivity contribution < 1.29 is 14.0 Å². The van der Waals surface area contributed by atoms with Gasteiger partial charge in [-0.15, -0.1) is 11.8 Å². The maximum absolute atomic E-state index is 13.8. The Morgan fingerprint density at radius 1 is 1.17 bits per heavy atom. The third-order valence-electron chi connectivity index (χ3n) is 6.19. The number of carbonyl (C=O) groups excluding carboxylic acids is 2. The molecule has 1 unspecified atom stereocenters. The van der Waals surface area contributed by atoms with Crippen molar-refractivity contribution in [2.24, 2.45) is 0 Å². The van der Waals surface area contributed by atoms with E-state index in [0.29, 0.717) is 12.4 Å². The van der Waals surface area contributed by atoms with E-state index in [2.05, 4.69) is 26.1 Å². The number of nitrogens with zero attached hydrogens (tertiary/aromatic N) is 3. The van der Waals surface area contributed by atoms with Crippen LogP contribution in [-0.4, -0.2) is 40.4 Å². The van der Waals surface area contributed by atoms with Gasteiger partial charge in [0.1, 0.15) is 18.2 Å². The van der Waals surface area contributed by atoms with Gasteiger partial charge in [-0.2, -0.15) is 5.10 Å². The highest BCUT2D eigenvalue weighted by Gasteiger charge is 2.40. The van der Waals surface area contributed by atoms with Crippen LogP contribution in [0, 0.1) is 12.7 Å². The van der Waals surface area contributed by atoms with Gasteiger partial charge in [0.15, 0.2) is 0 Å². The number of carbonyl (C=O) groups is 2. The van der Waals surface area contributed by atoms with Crippen molar-refractivity contribution in [3.05, 3.63) is 76.7 Å². The molecule has 0 saturated carbocycles. The molecule has 0 spiro atoms. The van der Waals surface area contributed by atoms with E-state index in [4.69, 9.17) is 5.10 Å². The second-order valence-corrected chi connectivity index (χ2v) is 11.2. The van der Waals surface area contributed by atoms with Crippen LogP contribution in [0.25, 0.3) is 5.69 Å². The zero-order valence-electron chi connectivity index (χ0n) is 21.5. The number of halogens is 1. The van der Waals surface area contributed by atoms with E-state index >= 15 is 0 Å². The number of rotatable bonds is 6. The number of thioether (sulfide) groups is 1. The maximum Gasteiger partial charge on any atom is 0.240 e. The van der Waals surface area contributed by atoms with Gasteiger partial charge in [0.2, 0.25) is 11.8 Å². The first-order chi connectivity index (χ1) is 17.1. The van der Waals surface area contributed by atoms with Crippen LogP contribution in [0.4, 0.5) is 10.2 Å². The minimum atomic E-state index is -0.347. The second kappa shape index (κ2) is 10.5. The van der Waals surface area contributed by atoms with Crippen molar-refractivity contribution in [3.8, 4) is 5.69 Å². The number of para-hydroxylation sites is 1. The summed E-state index contributed by atoms with van der Waals surface area (Å²) in [5, 5.41) is 7.73. The minimum absolute atomic E-state index is 0.0936. The van der Waals surface area contributed by atoms with Crippen molar-refractivity contribution in [2.45, 2.75) is 51.7 Å². The molecule has 0 aliphatic carbocycles. The summed E-state index contributed by atoms with van der Waals surface area (Å²) >= 11 is 1.49. The monoisotopic (exact) mass is 508 g/mol. The van der Waals surface area contributed by atoms with Crippen molar-refractivity contribution in [1.29, 1.82) is 0 Å². The number of aromatic nitrogens is 2. The number of benzene rings is 2. The van der Waals surface area contributed by atoms with Gasteiger partial charge in [0.05, 0.1) is 22.4 Å². The Kier molecular flexibility index (Phi) is 7.54. The molecule has 0 saturated heterocycles. The van der Waals surface area contributed by atoms with Gasteiger partial charge in [-0.1, -0.05) is 58.0 Å². The molecule has 0 radical (unpaired) electrons. The number of hydrogen-bond donors (Lipinski definition) is 1. The van der Waals surface area contributed by atoms with Crippen LogP contribution in [0.2, 0.25) is 0 Å². The molecule has 1 aromatic heterocycles. The van der Waals surface area contributed by atoms with Gasteiger partial charge in [0, 0.05) is 17.5 Å². The number of nitrogens with one attached hydrogen (secondary N) is 1. The highest BCUT2D eigenvalue weighted by molar-refractivity contribution is 8.00. The fourth-order valence-electron chi connectivity index (χ4n) is 4.41. The lowest BCUT2D eigenvalue weighted by Crippen LogP contribution is -2.42. The molecule has 0 fully saturated rings. The molecule has 2 amide bonds. The summed E-state index contributed by atoms with van der Waals surface area (Å²) in [6.45, 7) is 10.7. The largest absolute Gasteiger partial charge is 0.355 e. The van der Waals surface area contributed by atoms with Gasteiger partial charge in [-0.3, -0.25) is 14.5 Å². The van der Waals surface area contributed by atoms with Crippen molar-refractivity contribution in [2.75, 3.05) is 23.7 Å². The van der Waals surface area contributed by atoms with E-state index < -0.39 is 0 Å². The number of anilines is 1. The summed E-state index contributed by atoms with van der Waals surface area (Å²) in [6, 6.07) is 14.3. The second-order valence-electron chi connectivity index (χ2n) is 10.1. The van der Waals surface area contributed by atoms with Crippen LogP contribution in [0.1, 0.15) is 61.7 Å². The van der Waals surface area contributed by atoms with E-state index in [1.807, 2.05) is 42.8 Å². The van der Waals surface area contributed by atoms with Crippen LogP contribution in [0.5, 0.6) is 0 Å². The normalized spacial score (nSPS) is 16.0. The van der Waals surface area contributed by atoms with E-state index in [1.165, 1.54) is 23.9 Å².